The van der Waals surface area contributed by atoms with Gasteiger partial charge in [0.25, 0.3) is 0 Å². The minimum absolute atomic E-state index is 0.0280. The molecule has 5 nitrogen and oxygen atoms in total. The predicted molar refractivity (Wildman–Crippen MR) is 82.9 cm³/mol. The van der Waals surface area contributed by atoms with Crippen LogP contribution < -0.4 is 5.32 Å². The van der Waals surface area contributed by atoms with E-state index in [1.165, 1.54) is 6.26 Å². The molecule has 0 aliphatic heterocycles. The Balaban J connectivity index is 2.32. The first-order valence-corrected chi connectivity index (χ1v) is 8.84. The van der Waals surface area contributed by atoms with Crippen LogP contribution in [0.3, 0.4) is 0 Å². The highest BCUT2D eigenvalue weighted by molar-refractivity contribution is 7.90. The van der Waals surface area contributed by atoms with Crippen LogP contribution in [0.25, 0.3) is 0 Å². The first-order valence-electron chi connectivity index (χ1n) is 6.94. The van der Waals surface area contributed by atoms with Crippen LogP contribution >= 0.6 is 0 Å². The quantitative estimate of drug-likeness (QED) is 0.885. The zero-order valence-corrected chi connectivity index (χ0v) is 13.4. The van der Waals surface area contributed by atoms with Gasteiger partial charge in [0.2, 0.25) is 0 Å². The molecule has 0 aliphatic rings. The van der Waals surface area contributed by atoms with Gasteiger partial charge in [-0.05, 0) is 36.7 Å². The average molecular weight is 307 g/mol. The van der Waals surface area contributed by atoms with Crippen molar-refractivity contribution >= 4 is 9.84 Å². The maximum atomic E-state index is 11.5. The molecule has 0 saturated heterocycles. The molecule has 0 saturated carbocycles. The van der Waals surface area contributed by atoms with Crippen LogP contribution in [0.1, 0.15) is 30.6 Å². The summed E-state index contributed by atoms with van der Waals surface area (Å²) in [5, 5.41) is 7.90. The molecule has 2 rings (SSSR count). The highest BCUT2D eigenvalue weighted by Crippen LogP contribution is 2.22. The van der Waals surface area contributed by atoms with Crippen molar-refractivity contribution in [3.8, 4) is 0 Å². The van der Waals surface area contributed by atoms with Gasteiger partial charge in [-0.25, -0.2) is 8.42 Å². The van der Waals surface area contributed by atoms with Gasteiger partial charge in [0.05, 0.1) is 16.6 Å². The molecule has 1 aromatic heterocycles. The van der Waals surface area contributed by atoms with Crippen LogP contribution in [0.5, 0.6) is 0 Å². The molecule has 0 bridgehead atoms. The summed E-state index contributed by atoms with van der Waals surface area (Å²) in [6.07, 6.45) is 4.14. The third-order valence-electron chi connectivity index (χ3n) is 3.27. The van der Waals surface area contributed by atoms with Gasteiger partial charge in [-0.3, -0.25) is 4.68 Å². The molecule has 0 spiro atoms. The fraction of sp³-hybridized carbons (Fsp3) is 0.400. The molecule has 114 valence electrons. The van der Waals surface area contributed by atoms with E-state index in [4.69, 9.17) is 0 Å². The van der Waals surface area contributed by atoms with Gasteiger partial charge in [-0.1, -0.05) is 19.1 Å². The molecule has 0 fully saturated rings. The summed E-state index contributed by atoms with van der Waals surface area (Å²) < 4.78 is 24.8. The number of hydrogen-bond acceptors (Lipinski definition) is 4. The second kappa shape index (κ2) is 6.41. The van der Waals surface area contributed by atoms with E-state index in [1.54, 1.807) is 16.8 Å². The van der Waals surface area contributed by atoms with Crippen molar-refractivity contribution in [1.82, 2.24) is 15.1 Å². The lowest BCUT2D eigenvalue weighted by molar-refractivity contribution is 0.575. The Hall–Kier alpha value is -1.66. The molecule has 1 unspecified atom stereocenters. The van der Waals surface area contributed by atoms with Gasteiger partial charge >= 0.3 is 0 Å². The Labute approximate surface area is 125 Å². The Morgan fingerprint density at radius 2 is 1.90 bits per heavy atom. The van der Waals surface area contributed by atoms with Crippen molar-refractivity contribution in [1.29, 1.82) is 0 Å². The van der Waals surface area contributed by atoms with E-state index in [0.717, 1.165) is 24.2 Å². The summed E-state index contributed by atoms with van der Waals surface area (Å²) in [7, 11) is -1.28. The molecule has 1 atom stereocenters. The van der Waals surface area contributed by atoms with E-state index in [2.05, 4.69) is 17.3 Å². The molecule has 1 N–H and O–H groups in total. The maximum absolute atomic E-state index is 11.5. The molecule has 1 heterocycles. The van der Waals surface area contributed by atoms with Crippen molar-refractivity contribution in [3.63, 3.8) is 0 Å². The second-order valence-electron chi connectivity index (χ2n) is 5.14. The number of aryl methyl sites for hydroxylation is 1. The Morgan fingerprint density at radius 1 is 1.24 bits per heavy atom. The normalized spacial score (nSPS) is 13.3. The van der Waals surface area contributed by atoms with Crippen LogP contribution in [0.15, 0.2) is 41.4 Å². The molecular weight excluding hydrogens is 286 g/mol. The summed E-state index contributed by atoms with van der Waals surface area (Å²) in [4.78, 5) is 0.335. The third-order valence-corrected chi connectivity index (χ3v) is 4.40. The molecule has 0 radical (unpaired) electrons. The molecule has 2 aromatic rings. The number of benzene rings is 1. The fourth-order valence-corrected chi connectivity index (χ4v) is 2.81. The number of nitrogens with one attached hydrogen (secondary N) is 1. The summed E-state index contributed by atoms with van der Waals surface area (Å²) in [5.74, 6) is 0. The van der Waals surface area contributed by atoms with Crippen LogP contribution in [-0.4, -0.2) is 31.0 Å². The molecule has 0 amide bonds. The van der Waals surface area contributed by atoms with E-state index >= 15 is 0 Å². The summed E-state index contributed by atoms with van der Waals surface area (Å²) in [5.41, 5.74) is 1.94. The van der Waals surface area contributed by atoms with Gasteiger partial charge in [0.15, 0.2) is 9.84 Å². The Morgan fingerprint density at radius 3 is 2.38 bits per heavy atom. The number of sulfone groups is 1. The zero-order chi connectivity index (χ0) is 15.5. The molecular formula is C15H21N3O2S. The Kier molecular flexibility index (Phi) is 4.80. The van der Waals surface area contributed by atoms with Crippen molar-refractivity contribution in [3.05, 3.63) is 47.8 Å². The highest BCUT2D eigenvalue weighted by atomic mass is 32.2. The lowest BCUT2D eigenvalue weighted by Gasteiger charge is -2.17. The van der Waals surface area contributed by atoms with E-state index in [-0.39, 0.29) is 6.04 Å². The van der Waals surface area contributed by atoms with Gasteiger partial charge in [-0.15, -0.1) is 0 Å². The van der Waals surface area contributed by atoms with Crippen LogP contribution in [0, 0.1) is 0 Å². The standard InChI is InChI=1S/C15H21N3O2S/c1-4-10-16-15(14-9-11-18(2)17-14)12-5-7-13(8-6-12)21(3,19)20/h5-9,11,15-16H,4,10H2,1-3H3. The zero-order valence-electron chi connectivity index (χ0n) is 12.6. The molecule has 21 heavy (non-hydrogen) atoms. The van der Waals surface area contributed by atoms with Gasteiger partial charge in [-0.2, -0.15) is 5.10 Å². The van der Waals surface area contributed by atoms with E-state index in [1.807, 2.05) is 31.4 Å². The van der Waals surface area contributed by atoms with Gasteiger partial charge < -0.3 is 5.32 Å². The van der Waals surface area contributed by atoms with Gasteiger partial charge in [0.1, 0.15) is 0 Å². The van der Waals surface area contributed by atoms with Crippen LogP contribution in [0.4, 0.5) is 0 Å². The predicted octanol–water partition coefficient (Wildman–Crippen LogP) is 1.91. The maximum Gasteiger partial charge on any atom is 0.175 e. The smallest absolute Gasteiger partial charge is 0.175 e. The summed E-state index contributed by atoms with van der Waals surface area (Å²) >= 11 is 0. The Bertz CT molecular complexity index is 690. The largest absolute Gasteiger partial charge is 0.305 e. The van der Waals surface area contributed by atoms with E-state index in [0.29, 0.717) is 4.90 Å². The second-order valence-corrected chi connectivity index (χ2v) is 7.16. The number of hydrogen-bond donors (Lipinski definition) is 1. The minimum atomic E-state index is -3.16. The molecule has 6 heteroatoms. The summed E-state index contributed by atoms with van der Waals surface area (Å²) in [6.45, 7) is 2.98. The van der Waals surface area contributed by atoms with Crippen LogP contribution in [0.2, 0.25) is 0 Å². The van der Waals surface area contributed by atoms with Crippen LogP contribution in [-0.2, 0) is 16.9 Å². The SMILES string of the molecule is CCCNC(c1ccc(S(C)(=O)=O)cc1)c1ccn(C)n1. The minimum Gasteiger partial charge on any atom is -0.305 e. The summed E-state index contributed by atoms with van der Waals surface area (Å²) in [6, 6.07) is 8.93. The van der Waals surface area contributed by atoms with Crippen molar-refractivity contribution in [2.75, 3.05) is 12.8 Å². The molecule has 0 aliphatic carbocycles. The van der Waals surface area contributed by atoms with E-state index in [9.17, 15) is 8.42 Å². The average Bonchev–Trinajstić information content (AvgIpc) is 2.85. The fourth-order valence-electron chi connectivity index (χ4n) is 2.18. The first-order chi connectivity index (χ1) is 9.91. The number of rotatable bonds is 6. The van der Waals surface area contributed by atoms with Gasteiger partial charge in [0, 0.05) is 19.5 Å². The number of nitrogens with zero attached hydrogens (tertiary/aromatic N) is 2. The van der Waals surface area contributed by atoms with Crippen molar-refractivity contribution in [2.45, 2.75) is 24.3 Å². The van der Waals surface area contributed by atoms with Crippen molar-refractivity contribution in [2.24, 2.45) is 7.05 Å². The molecule has 1 aromatic carbocycles. The van der Waals surface area contributed by atoms with E-state index < -0.39 is 9.84 Å². The number of aromatic nitrogens is 2. The topological polar surface area (TPSA) is 64.0 Å². The van der Waals surface area contributed by atoms with Crippen molar-refractivity contribution < 1.29 is 8.42 Å². The first kappa shape index (κ1) is 15.7. The monoisotopic (exact) mass is 307 g/mol. The lowest BCUT2D eigenvalue weighted by atomic mass is 10.0. The lowest BCUT2D eigenvalue weighted by Crippen LogP contribution is -2.23. The third kappa shape index (κ3) is 3.92. The highest BCUT2D eigenvalue weighted by Gasteiger charge is 2.16.